The Balaban J connectivity index is 1.25. The third-order valence-corrected chi connectivity index (χ3v) is 9.02. The molecule has 1 aliphatic heterocycles. The molecule has 0 spiro atoms. The standard InChI is InChI=1S/C30H24Br2F3N7O3S/c1-17(2)23-13-4-18(3)14-24(23)42-26(43)29(31,32)46-28(42)38-27(44)39-37-15-19-5-7-20(8-6-19)25-36-16-41(40-25)21-9-11-22(12-10-21)45-30(33,34)35/h4-17H,1-3H3,(H,39,44)/b37-15+,38-28?. The van der Waals surface area contributed by atoms with Crippen molar-refractivity contribution in [3.05, 3.63) is 89.7 Å². The maximum atomic E-state index is 13.3. The van der Waals surface area contributed by atoms with Crippen LogP contribution in [-0.4, -0.2) is 47.0 Å². The zero-order valence-electron chi connectivity index (χ0n) is 24.3. The van der Waals surface area contributed by atoms with E-state index in [0.717, 1.165) is 22.9 Å². The number of amides is 3. The average molecular weight is 779 g/mol. The number of ether oxygens (including phenoxy) is 1. The number of halogens is 5. The molecule has 238 valence electrons. The summed E-state index contributed by atoms with van der Waals surface area (Å²) in [4.78, 5) is 35.8. The fourth-order valence-corrected chi connectivity index (χ4v) is 6.39. The lowest BCUT2D eigenvalue weighted by molar-refractivity contribution is -0.274. The molecule has 1 fully saturated rings. The number of amidine groups is 1. The van der Waals surface area contributed by atoms with Gasteiger partial charge in [-0.05, 0) is 103 Å². The lowest BCUT2D eigenvalue weighted by Crippen LogP contribution is -2.35. The van der Waals surface area contributed by atoms with Crippen LogP contribution in [0.3, 0.4) is 0 Å². The normalized spacial score (nSPS) is 15.7. The number of hydrazone groups is 1. The number of hydrogen-bond acceptors (Lipinski definition) is 7. The molecule has 16 heteroatoms. The minimum absolute atomic E-state index is 0.120. The van der Waals surface area contributed by atoms with E-state index < -0.39 is 15.0 Å². The number of aromatic nitrogens is 3. The molecule has 0 atom stereocenters. The van der Waals surface area contributed by atoms with Gasteiger partial charge in [-0.25, -0.2) is 19.9 Å². The van der Waals surface area contributed by atoms with E-state index in [4.69, 9.17) is 0 Å². The molecule has 0 unspecified atom stereocenters. The van der Waals surface area contributed by atoms with Crippen LogP contribution < -0.4 is 15.1 Å². The van der Waals surface area contributed by atoms with E-state index in [0.29, 0.717) is 28.3 Å². The molecule has 4 aromatic rings. The van der Waals surface area contributed by atoms with Gasteiger partial charge in [-0.2, -0.15) is 10.1 Å². The maximum absolute atomic E-state index is 13.3. The molecule has 1 aromatic heterocycles. The van der Waals surface area contributed by atoms with Gasteiger partial charge in [-0.3, -0.25) is 9.69 Å². The molecule has 2 heterocycles. The van der Waals surface area contributed by atoms with Crippen LogP contribution in [0.5, 0.6) is 5.75 Å². The number of hydrogen-bond donors (Lipinski definition) is 1. The van der Waals surface area contributed by atoms with Crippen LogP contribution >= 0.6 is 43.6 Å². The summed E-state index contributed by atoms with van der Waals surface area (Å²) in [5.74, 6) is -0.156. The quantitative estimate of drug-likeness (QED) is 0.116. The predicted octanol–water partition coefficient (Wildman–Crippen LogP) is 7.89. The van der Waals surface area contributed by atoms with E-state index in [-0.39, 0.29) is 22.7 Å². The molecule has 3 amide bonds. The van der Waals surface area contributed by atoms with Gasteiger partial charge in [0.15, 0.2) is 11.0 Å². The first-order valence-electron chi connectivity index (χ1n) is 13.5. The van der Waals surface area contributed by atoms with Gasteiger partial charge in [-0.1, -0.05) is 50.2 Å². The number of benzene rings is 3. The Labute approximate surface area is 282 Å². The number of aryl methyl sites for hydroxylation is 1. The van der Waals surface area contributed by atoms with Crippen molar-refractivity contribution in [2.24, 2.45) is 10.1 Å². The van der Waals surface area contributed by atoms with Crippen LogP contribution in [0, 0.1) is 6.92 Å². The molecule has 0 saturated carbocycles. The van der Waals surface area contributed by atoms with Gasteiger partial charge in [0.1, 0.15) is 12.1 Å². The number of alkyl halides is 5. The zero-order valence-corrected chi connectivity index (χ0v) is 28.3. The highest BCUT2D eigenvalue weighted by molar-refractivity contribution is 9.29. The number of nitrogens with zero attached hydrogens (tertiary/aromatic N) is 6. The van der Waals surface area contributed by atoms with Crippen LogP contribution in [0.25, 0.3) is 17.1 Å². The second kappa shape index (κ2) is 13.4. The summed E-state index contributed by atoms with van der Waals surface area (Å²) in [6.45, 7) is 5.97. The van der Waals surface area contributed by atoms with Gasteiger partial charge < -0.3 is 4.74 Å². The average Bonchev–Trinajstić information content (AvgIpc) is 3.55. The summed E-state index contributed by atoms with van der Waals surface area (Å²) in [5, 5.41) is 8.55. The molecule has 1 N–H and O–H groups in total. The molecule has 0 radical (unpaired) electrons. The van der Waals surface area contributed by atoms with Crippen molar-refractivity contribution in [3.8, 4) is 22.8 Å². The van der Waals surface area contributed by atoms with E-state index in [1.807, 2.05) is 39.0 Å². The molecule has 10 nitrogen and oxygen atoms in total. The summed E-state index contributed by atoms with van der Waals surface area (Å²) in [6, 6.07) is 17.3. The highest BCUT2D eigenvalue weighted by Crippen LogP contribution is 2.50. The SMILES string of the molecule is Cc1ccc(C(C)C)c(N2C(=O)C(Br)(Br)SC2=NC(=O)N/N=C/c2ccc(-c3ncn(-c4ccc(OC(F)(F)F)cc4)n3)cc2)c1. The Morgan fingerprint density at radius 1 is 1.09 bits per heavy atom. The summed E-state index contributed by atoms with van der Waals surface area (Å²) in [7, 11) is 0. The van der Waals surface area contributed by atoms with Crippen molar-refractivity contribution in [3.63, 3.8) is 0 Å². The zero-order chi connectivity index (χ0) is 33.2. The third kappa shape index (κ3) is 7.85. The van der Waals surface area contributed by atoms with Crippen molar-refractivity contribution < 1.29 is 27.5 Å². The van der Waals surface area contributed by atoms with Crippen molar-refractivity contribution in [2.75, 3.05) is 4.90 Å². The van der Waals surface area contributed by atoms with E-state index >= 15 is 0 Å². The van der Waals surface area contributed by atoms with Crippen LogP contribution in [0.2, 0.25) is 0 Å². The predicted molar refractivity (Wildman–Crippen MR) is 178 cm³/mol. The molecule has 3 aromatic carbocycles. The van der Waals surface area contributed by atoms with Gasteiger partial charge in [0, 0.05) is 5.56 Å². The minimum atomic E-state index is -4.77. The molecule has 1 aliphatic rings. The van der Waals surface area contributed by atoms with Crippen LogP contribution in [-0.2, 0) is 4.79 Å². The van der Waals surface area contributed by atoms with Gasteiger partial charge >= 0.3 is 12.4 Å². The number of carbonyl (C=O) groups excluding carboxylic acids is 2. The largest absolute Gasteiger partial charge is 0.573 e. The fraction of sp³-hybridized carbons (Fsp3) is 0.200. The second-order valence-electron chi connectivity index (χ2n) is 10.2. The van der Waals surface area contributed by atoms with Crippen molar-refractivity contribution in [2.45, 2.75) is 35.6 Å². The van der Waals surface area contributed by atoms with Gasteiger partial charge in [-0.15, -0.1) is 18.3 Å². The van der Waals surface area contributed by atoms with Crippen LogP contribution in [0.15, 0.2) is 83.2 Å². The molecule has 0 bridgehead atoms. The Bertz CT molecular complexity index is 1830. The Kier molecular flexibility index (Phi) is 9.70. The second-order valence-corrected chi connectivity index (χ2v) is 15.9. The molecule has 46 heavy (non-hydrogen) atoms. The van der Waals surface area contributed by atoms with Gasteiger partial charge in [0.2, 0.25) is 2.57 Å². The summed E-state index contributed by atoms with van der Waals surface area (Å²) < 4.78 is 41.4. The Morgan fingerprint density at radius 2 is 1.78 bits per heavy atom. The Hall–Kier alpha value is -4.02. The fourth-order valence-electron chi connectivity index (χ4n) is 4.35. The number of thioether (sulfide) groups is 1. The Morgan fingerprint density at radius 3 is 2.43 bits per heavy atom. The van der Waals surface area contributed by atoms with Crippen molar-refractivity contribution in [1.82, 2.24) is 20.2 Å². The van der Waals surface area contributed by atoms with Crippen LogP contribution in [0.1, 0.15) is 36.5 Å². The van der Waals surface area contributed by atoms with Gasteiger partial charge in [0.05, 0.1) is 17.6 Å². The lowest BCUT2D eigenvalue weighted by Gasteiger charge is -2.22. The first-order valence-corrected chi connectivity index (χ1v) is 15.9. The van der Waals surface area contributed by atoms with Crippen LogP contribution in [0.4, 0.5) is 23.7 Å². The summed E-state index contributed by atoms with van der Waals surface area (Å²) >= 11 is 7.82. The minimum Gasteiger partial charge on any atom is -0.406 e. The number of aliphatic imine (C=N–C) groups is 1. The monoisotopic (exact) mass is 777 g/mol. The van der Waals surface area contributed by atoms with E-state index in [2.05, 4.69) is 62.2 Å². The highest BCUT2D eigenvalue weighted by atomic mass is 79.9. The molecule has 1 saturated heterocycles. The van der Waals surface area contributed by atoms with E-state index in [1.54, 1.807) is 24.3 Å². The summed E-state index contributed by atoms with van der Waals surface area (Å²) in [5.41, 5.74) is 6.73. The third-order valence-electron chi connectivity index (χ3n) is 6.48. The molecular formula is C30H24Br2F3N7O3S. The highest BCUT2D eigenvalue weighted by Gasteiger charge is 2.50. The lowest BCUT2D eigenvalue weighted by atomic mass is 9.99. The number of rotatable bonds is 7. The van der Waals surface area contributed by atoms with Crippen molar-refractivity contribution >= 4 is 72.6 Å². The maximum Gasteiger partial charge on any atom is 0.573 e. The molecule has 5 rings (SSSR count). The first kappa shape index (κ1) is 33.3. The van der Waals surface area contributed by atoms with E-state index in [1.165, 1.54) is 46.4 Å². The number of carbonyl (C=O) groups is 2. The molecular weight excluding hydrogens is 755 g/mol. The first-order chi connectivity index (χ1) is 21.7. The van der Waals surface area contributed by atoms with Crippen molar-refractivity contribution in [1.29, 1.82) is 0 Å². The number of anilines is 1. The topological polar surface area (TPSA) is 114 Å². The smallest absolute Gasteiger partial charge is 0.406 e. The van der Waals surface area contributed by atoms with E-state index in [9.17, 15) is 22.8 Å². The van der Waals surface area contributed by atoms with Gasteiger partial charge in [0.25, 0.3) is 5.91 Å². The summed E-state index contributed by atoms with van der Waals surface area (Å²) in [6.07, 6.45) is -1.90. The number of urea groups is 1. The molecule has 0 aliphatic carbocycles. The number of nitrogens with one attached hydrogen (secondary N) is 1.